The van der Waals surface area contributed by atoms with Crippen LogP contribution in [0, 0.1) is 0 Å². The smallest absolute Gasteiger partial charge is 0.133 e. The second kappa shape index (κ2) is 4.07. The topological polar surface area (TPSA) is 17.1 Å². The highest BCUT2D eigenvalue weighted by Crippen LogP contribution is 1.95. The molecule has 0 radical (unpaired) electrons. The molecule has 0 aromatic heterocycles. The van der Waals surface area contributed by atoms with Crippen molar-refractivity contribution < 1.29 is 4.79 Å². The SMILES string of the molecule is C=C/C(C)=C/CC(C)=O. The molecule has 0 atom stereocenters. The van der Waals surface area contributed by atoms with Crippen LogP contribution in [0.2, 0.25) is 0 Å². The predicted octanol–water partition coefficient (Wildman–Crippen LogP) is 2.10. The van der Waals surface area contributed by atoms with Gasteiger partial charge in [0.1, 0.15) is 5.78 Å². The maximum absolute atomic E-state index is 10.4. The number of allylic oxidation sites excluding steroid dienone is 3. The summed E-state index contributed by atoms with van der Waals surface area (Å²) < 4.78 is 0. The van der Waals surface area contributed by atoms with Crippen LogP contribution in [0.5, 0.6) is 0 Å². The summed E-state index contributed by atoms with van der Waals surface area (Å²) in [6.45, 7) is 7.06. The number of hydrogen-bond donors (Lipinski definition) is 0. The van der Waals surface area contributed by atoms with Crippen LogP contribution in [0.25, 0.3) is 0 Å². The molecule has 0 aliphatic heterocycles. The summed E-state index contributed by atoms with van der Waals surface area (Å²) in [5, 5.41) is 0. The fourth-order valence-electron chi connectivity index (χ4n) is 0.388. The Morgan fingerprint density at radius 3 is 2.44 bits per heavy atom. The van der Waals surface area contributed by atoms with Crippen molar-refractivity contribution >= 4 is 5.78 Å². The molecule has 0 rings (SSSR count). The second-order valence-electron chi connectivity index (χ2n) is 2.06. The summed E-state index contributed by atoms with van der Waals surface area (Å²) in [6.07, 6.45) is 4.14. The minimum Gasteiger partial charge on any atom is -0.300 e. The molecule has 0 heterocycles. The van der Waals surface area contributed by atoms with E-state index in [4.69, 9.17) is 0 Å². The average molecular weight is 124 g/mol. The molecule has 0 N–H and O–H groups in total. The van der Waals surface area contributed by atoms with Crippen molar-refractivity contribution in [1.29, 1.82) is 0 Å². The van der Waals surface area contributed by atoms with Gasteiger partial charge in [0, 0.05) is 6.42 Å². The molecule has 0 bridgehead atoms. The average Bonchev–Trinajstić information content (AvgIpc) is 1.83. The van der Waals surface area contributed by atoms with Gasteiger partial charge in [-0.05, 0) is 13.8 Å². The van der Waals surface area contributed by atoms with Gasteiger partial charge in [0.15, 0.2) is 0 Å². The maximum atomic E-state index is 10.4. The zero-order valence-electron chi connectivity index (χ0n) is 5.98. The first-order chi connectivity index (χ1) is 4.16. The molecular formula is C8H12O. The number of ketones is 1. The standard InChI is InChI=1S/C8H12O/c1-4-7(2)5-6-8(3)9/h4-5H,1,6H2,2-3H3/b7-5+. The lowest BCUT2D eigenvalue weighted by Crippen LogP contribution is -1.84. The molecule has 1 nitrogen and oxygen atoms in total. The Morgan fingerprint density at radius 1 is 1.56 bits per heavy atom. The Balaban J connectivity index is 3.69. The van der Waals surface area contributed by atoms with E-state index in [1.807, 2.05) is 13.0 Å². The van der Waals surface area contributed by atoms with Gasteiger partial charge in [-0.2, -0.15) is 0 Å². The summed E-state index contributed by atoms with van der Waals surface area (Å²) in [5.74, 6) is 0.191. The van der Waals surface area contributed by atoms with Crippen LogP contribution in [0.4, 0.5) is 0 Å². The van der Waals surface area contributed by atoms with Crippen LogP contribution in [0.15, 0.2) is 24.3 Å². The monoisotopic (exact) mass is 124 g/mol. The molecule has 50 valence electrons. The summed E-state index contributed by atoms with van der Waals surface area (Å²) >= 11 is 0. The molecule has 9 heavy (non-hydrogen) atoms. The quantitative estimate of drug-likeness (QED) is 0.526. The molecule has 0 fully saturated rings. The molecule has 0 aromatic rings. The Hall–Kier alpha value is -0.850. The van der Waals surface area contributed by atoms with Gasteiger partial charge in [-0.25, -0.2) is 0 Å². The lowest BCUT2D eigenvalue weighted by atomic mass is 10.2. The Labute approximate surface area is 56.1 Å². The van der Waals surface area contributed by atoms with Crippen LogP contribution in [-0.4, -0.2) is 5.78 Å². The molecule has 0 spiro atoms. The van der Waals surface area contributed by atoms with Gasteiger partial charge in [-0.1, -0.05) is 24.3 Å². The van der Waals surface area contributed by atoms with Crippen LogP contribution < -0.4 is 0 Å². The van der Waals surface area contributed by atoms with Crippen molar-refractivity contribution in [2.24, 2.45) is 0 Å². The van der Waals surface area contributed by atoms with Gasteiger partial charge in [-0.3, -0.25) is 4.79 Å². The lowest BCUT2D eigenvalue weighted by molar-refractivity contribution is -0.116. The molecule has 0 saturated carbocycles. The third kappa shape index (κ3) is 5.01. The summed E-state index contributed by atoms with van der Waals surface area (Å²) in [6, 6.07) is 0. The lowest BCUT2D eigenvalue weighted by Gasteiger charge is -1.87. The zero-order chi connectivity index (χ0) is 7.28. The van der Waals surface area contributed by atoms with E-state index in [2.05, 4.69) is 6.58 Å². The van der Waals surface area contributed by atoms with Gasteiger partial charge < -0.3 is 0 Å². The second-order valence-corrected chi connectivity index (χ2v) is 2.06. The first kappa shape index (κ1) is 8.15. The number of carbonyl (C=O) groups excluding carboxylic acids is 1. The van der Waals surface area contributed by atoms with Gasteiger partial charge >= 0.3 is 0 Å². The molecule has 0 aliphatic rings. The van der Waals surface area contributed by atoms with Gasteiger partial charge in [0.2, 0.25) is 0 Å². The Kier molecular flexibility index (Phi) is 3.69. The van der Waals surface area contributed by atoms with Gasteiger partial charge in [0.05, 0.1) is 0 Å². The predicted molar refractivity (Wildman–Crippen MR) is 39.3 cm³/mol. The fraction of sp³-hybridized carbons (Fsp3) is 0.375. The van der Waals surface area contributed by atoms with E-state index >= 15 is 0 Å². The number of carbonyl (C=O) groups is 1. The minimum absolute atomic E-state index is 0.191. The van der Waals surface area contributed by atoms with Crippen LogP contribution in [-0.2, 0) is 4.79 Å². The van der Waals surface area contributed by atoms with E-state index in [-0.39, 0.29) is 5.78 Å². The summed E-state index contributed by atoms with van der Waals surface area (Å²) in [7, 11) is 0. The molecule has 0 unspecified atom stereocenters. The van der Waals surface area contributed by atoms with Crippen molar-refractivity contribution in [1.82, 2.24) is 0 Å². The van der Waals surface area contributed by atoms with Crippen molar-refractivity contribution in [2.45, 2.75) is 20.3 Å². The third-order valence-electron chi connectivity index (χ3n) is 1.03. The van der Waals surface area contributed by atoms with E-state index in [1.165, 1.54) is 0 Å². The third-order valence-corrected chi connectivity index (χ3v) is 1.03. The van der Waals surface area contributed by atoms with E-state index < -0.39 is 0 Å². The Morgan fingerprint density at radius 2 is 2.11 bits per heavy atom. The van der Waals surface area contributed by atoms with Crippen LogP contribution in [0.3, 0.4) is 0 Å². The maximum Gasteiger partial charge on any atom is 0.133 e. The molecule has 0 amide bonds. The molecule has 1 heteroatoms. The molecule has 0 saturated heterocycles. The van der Waals surface area contributed by atoms with Crippen molar-refractivity contribution in [3.05, 3.63) is 24.3 Å². The highest BCUT2D eigenvalue weighted by atomic mass is 16.1. The minimum atomic E-state index is 0.191. The number of hydrogen-bond acceptors (Lipinski definition) is 1. The van der Waals surface area contributed by atoms with Crippen LogP contribution >= 0.6 is 0 Å². The van der Waals surface area contributed by atoms with Crippen molar-refractivity contribution in [2.75, 3.05) is 0 Å². The van der Waals surface area contributed by atoms with E-state index in [0.717, 1.165) is 5.57 Å². The zero-order valence-corrected chi connectivity index (χ0v) is 5.98. The van der Waals surface area contributed by atoms with E-state index in [1.54, 1.807) is 13.0 Å². The number of rotatable bonds is 3. The highest BCUT2D eigenvalue weighted by molar-refractivity contribution is 5.77. The molecule has 0 aromatic carbocycles. The number of Topliss-reactive ketones (excluding diaryl/α,β-unsaturated/α-hetero) is 1. The molecular weight excluding hydrogens is 112 g/mol. The van der Waals surface area contributed by atoms with Crippen molar-refractivity contribution in [3.8, 4) is 0 Å². The van der Waals surface area contributed by atoms with Gasteiger partial charge in [0.25, 0.3) is 0 Å². The largest absolute Gasteiger partial charge is 0.300 e. The first-order valence-electron chi connectivity index (χ1n) is 2.95. The van der Waals surface area contributed by atoms with E-state index in [0.29, 0.717) is 6.42 Å². The van der Waals surface area contributed by atoms with Crippen LogP contribution in [0.1, 0.15) is 20.3 Å². The summed E-state index contributed by atoms with van der Waals surface area (Å²) in [5.41, 5.74) is 1.06. The Bertz CT molecular complexity index is 143. The summed E-state index contributed by atoms with van der Waals surface area (Å²) in [4.78, 5) is 10.4. The highest BCUT2D eigenvalue weighted by Gasteiger charge is 1.86. The normalized spacial score (nSPS) is 11.1. The fourth-order valence-corrected chi connectivity index (χ4v) is 0.388. The van der Waals surface area contributed by atoms with Gasteiger partial charge in [-0.15, -0.1) is 0 Å². The molecule has 0 aliphatic carbocycles. The van der Waals surface area contributed by atoms with Crippen molar-refractivity contribution in [3.63, 3.8) is 0 Å². The first-order valence-corrected chi connectivity index (χ1v) is 2.95. The van der Waals surface area contributed by atoms with E-state index in [9.17, 15) is 4.79 Å².